The molecule has 0 unspecified atom stereocenters. The highest BCUT2D eigenvalue weighted by Crippen LogP contribution is 2.29. The van der Waals surface area contributed by atoms with Crippen molar-refractivity contribution in [1.29, 1.82) is 0 Å². The number of allylic oxidation sites excluding steroid dienone is 5. The monoisotopic (exact) mass is 676 g/mol. The molecule has 1 nitrogen and oxygen atoms in total. The van der Waals surface area contributed by atoms with Crippen molar-refractivity contribution < 1.29 is 4.74 Å². The van der Waals surface area contributed by atoms with Gasteiger partial charge < -0.3 is 4.74 Å². The van der Waals surface area contributed by atoms with Gasteiger partial charge in [-0.1, -0.05) is 28.9 Å². The largest absolute Gasteiger partial charge is 0.487 e. The van der Waals surface area contributed by atoms with E-state index >= 15 is 0 Å². The summed E-state index contributed by atoms with van der Waals surface area (Å²) < 4.78 is 9.58. The van der Waals surface area contributed by atoms with Gasteiger partial charge in [0.25, 0.3) is 0 Å². The first-order chi connectivity index (χ1) is 11.8. The van der Waals surface area contributed by atoms with Gasteiger partial charge in [0.1, 0.15) is 12.4 Å². The van der Waals surface area contributed by atoms with E-state index in [1.165, 1.54) is 33.9 Å². The van der Waals surface area contributed by atoms with Crippen molar-refractivity contribution in [2.45, 2.75) is 53.4 Å². The van der Waals surface area contributed by atoms with Crippen molar-refractivity contribution in [2.24, 2.45) is 0 Å². The van der Waals surface area contributed by atoms with Gasteiger partial charge in [0.2, 0.25) is 0 Å². The lowest BCUT2D eigenvalue weighted by Gasteiger charge is -2.10. The van der Waals surface area contributed by atoms with Crippen molar-refractivity contribution in [1.82, 2.24) is 0 Å². The van der Waals surface area contributed by atoms with E-state index in [-0.39, 0.29) is 0 Å². The van der Waals surface area contributed by atoms with Crippen molar-refractivity contribution in [3.05, 3.63) is 57.8 Å². The summed E-state index contributed by atoms with van der Waals surface area (Å²) in [6, 6.07) is 4.30. The predicted octanol–water partition coefficient (Wildman–Crippen LogP) is 8.30. The number of benzene rings is 1. The lowest BCUT2D eigenvalue weighted by atomic mass is 10.1. The number of hydrogen-bond acceptors (Lipinski definition) is 1. The van der Waals surface area contributed by atoms with E-state index in [4.69, 9.17) is 4.74 Å². The maximum atomic E-state index is 5.98. The van der Waals surface area contributed by atoms with E-state index < -0.39 is 0 Å². The number of halogens is 3. The molecule has 0 bridgehead atoms. The van der Waals surface area contributed by atoms with E-state index in [0.29, 0.717) is 6.61 Å². The summed E-state index contributed by atoms with van der Waals surface area (Å²) in [6.07, 6.45) is 11.4. The Kier molecular flexibility index (Phi) is 12.0. The minimum absolute atomic E-state index is 0.641. The lowest BCUT2D eigenvalue weighted by Crippen LogP contribution is -1.99. The van der Waals surface area contributed by atoms with Crippen LogP contribution in [0.25, 0.3) is 0 Å². The molecule has 0 aliphatic carbocycles. The first-order valence-electron chi connectivity index (χ1n) is 8.51. The van der Waals surface area contributed by atoms with Crippen molar-refractivity contribution in [2.75, 3.05) is 6.61 Å². The molecule has 1 rings (SSSR count). The highest BCUT2D eigenvalue weighted by molar-refractivity contribution is 14.1. The molecular formula is C21H27I3O. The third-order valence-electron chi connectivity index (χ3n) is 3.75. The Morgan fingerprint density at radius 3 is 1.92 bits per heavy atom. The van der Waals surface area contributed by atoms with Crippen molar-refractivity contribution in [3.63, 3.8) is 0 Å². The minimum atomic E-state index is 0.641. The van der Waals surface area contributed by atoms with Crippen LogP contribution in [-0.2, 0) is 0 Å². The van der Waals surface area contributed by atoms with Gasteiger partial charge >= 0.3 is 0 Å². The number of ether oxygens (including phenoxy) is 1. The fraction of sp³-hybridized carbons (Fsp3) is 0.429. The second kappa shape index (κ2) is 12.8. The normalized spacial score (nSPS) is 12.3. The summed E-state index contributed by atoms with van der Waals surface area (Å²) in [5.74, 6) is 1.00. The van der Waals surface area contributed by atoms with Crippen LogP contribution in [0.15, 0.2) is 47.1 Å². The maximum absolute atomic E-state index is 5.98. The van der Waals surface area contributed by atoms with Crippen LogP contribution >= 0.6 is 67.8 Å². The van der Waals surface area contributed by atoms with Gasteiger partial charge in [-0.2, -0.15) is 0 Å². The topological polar surface area (TPSA) is 9.23 Å². The van der Waals surface area contributed by atoms with Crippen LogP contribution in [0.5, 0.6) is 5.75 Å². The van der Waals surface area contributed by atoms with Gasteiger partial charge in [-0.3, -0.25) is 0 Å². The summed E-state index contributed by atoms with van der Waals surface area (Å²) >= 11 is 7.03. The molecule has 0 aliphatic heterocycles. The zero-order valence-corrected chi connectivity index (χ0v) is 21.9. The Bertz CT molecular complexity index is 630. The maximum Gasteiger partial charge on any atom is 0.146 e. The summed E-state index contributed by atoms with van der Waals surface area (Å²) in [6.45, 7) is 9.39. The fourth-order valence-electron chi connectivity index (χ4n) is 2.27. The van der Waals surface area contributed by atoms with E-state index in [9.17, 15) is 0 Å². The first-order valence-corrected chi connectivity index (χ1v) is 11.7. The molecule has 138 valence electrons. The quantitative estimate of drug-likeness (QED) is 0.189. The van der Waals surface area contributed by atoms with Gasteiger partial charge in [0.05, 0.1) is 7.14 Å². The Balaban J connectivity index is 2.41. The van der Waals surface area contributed by atoms with E-state index in [2.05, 4.69) is 126 Å². The lowest BCUT2D eigenvalue weighted by molar-refractivity contribution is 0.356. The molecule has 0 saturated carbocycles. The van der Waals surface area contributed by atoms with Crippen LogP contribution in [-0.4, -0.2) is 6.61 Å². The molecule has 1 aromatic carbocycles. The molecule has 0 atom stereocenters. The van der Waals surface area contributed by atoms with Gasteiger partial charge in [0, 0.05) is 3.57 Å². The highest BCUT2D eigenvalue weighted by atomic mass is 127. The molecule has 25 heavy (non-hydrogen) atoms. The fourth-order valence-corrected chi connectivity index (χ4v) is 6.17. The Morgan fingerprint density at radius 2 is 1.36 bits per heavy atom. The minimum Gasteiger partial charge on any atom is -0.487 e. The standard InChI is InChI=1S/C21H27I3O/c1-15(2)7-5-8-16(3)9-6-10-17(4)11-12-25-21-19(23)13-18(22)14-20(21)24/h7,9,11,13-14H,5-6,8,10,12H2,1-4H3. The van der Waals surface area contributed by atoms with Gasteiger partial charge in [0.15, 0.2) is 0 Å². The van der Waals surface area contributed by atoms with Crippen LogP contribution in [0.1, 0.15) is 53.4 Å². The molecule has 0 amide bonds. The van der Waals surface area contributed by atoms with Crippen LogP contribution in [0.2, 0.25) is 0 Å². The summed E-state index contributed by atoms with van der Waals surface area (Å²) in [5, 5.41) is 0. The zero-order chi connectivity index (χ0) is 18.8. The molecule has 0 aliphatic rings. The van der Waals surface area contributed by atoms with Crippen LogP contribution in [0, 0.1) is 10.7 Å². The van der Waals surface area contributed by atoms with Crippen LogP contribution in [0.4, 0.5) is 0 Å². The Hall–Kier alpha value is 0.430. The molecular weight excluding hydrogens is 649 g/mol. The summed E-state index contributed by atoms with van der Waals surface area (Å²) in [5.41, 5.74) is 4.29. The second-order valence-corrected chi connectivity index (χ2v) is 10.0. The molecule has 1 aromatic rings. The Labute approximate surface area is 194 Å². The average Bonchev–Trinajstić information content (AvgIpc) is 2.49. The SMILES string of the molecule is CC(C)=CCCC(C)=CCCC(C)=CCOc1c(I)cc(I)cc1I. The van der Waals surface area contributed by atoms with Crippen molar-refractivity contribution in [3.8, 4) is 5.75 Å². The molecule has 0 radical (unpaired) electrons. The van der Waals surface area contributed by atoms with Gasteiger partial charge in [-0.05, 0) is 139 Å². The molecule has 0 fully saturated rings. The van der Waals surface area contributed by atoms with Gasteiger partial charge in [-0.15, -0.1) is 0 Å². The van der Waals surface area contributed by atoms with Crippen LogP contribution in [0.3, 0.4) is 0 Å². The molecule has 0 aromatic heterocycles. The van der Waals surface area contributed by atoms with Crippen molar-refractivity contribution >= 4 is 67.8 Å². The highest BCUT2D eigenvalue weighted by Gasteiger charge is 2.07. The Morgan fingerprint density at radius 1 is 0.840 bits per heavy atom. The summed E-state index contributed by atoms with van der Waals surface area (Å²) in [7, 11) is 0. The molecule has 0 heterocycles. The smallest absolute Gasteiger partial charge is 0.146 e. The summed E-state index contributed by atoms with van der Waals surface area (Å²) in [4.78, 5) is 0. The first kappa shape index (κ1) is 23.5. The molecule has 0 N–H and O–H groups in total. The number of rotatable bonds is 9. The molecule has 4 heteroatoms. The molecule has 0 spiro atoms. The van der Waals surface area contributed by atoms with Gasteiger partial charge in [-0.25, -0.2) is 0 Å². The average molecular weight is 676 g/mol. The van der Waals surface area contributed by atoms with E-state index in [1.54, 1.807) is 0 Å². The third-order valence-corrected chi connectivity index (χ3v) is 5.97. The second-order valence-electron chi connectivity index (χ2n) is 6.47. The van der Waals surface area contributed by atoms with E-state index in [1.807, 2.05) is 0 Å². The predicted molar refractivity (Wildman–Crippen MR) is 136 cm³/mol. The van der Waals surface area contributed by atoms with E-state index in [0.717, 1.165) is 25.0 Å². The third kappa shape index (κ3) is 10.4. The zero-order valence-electron chi connectivity index (χ0n) is 15.5. The molecule has 0 saturated heterocycles. The van der Waals surface area contributed by atoms with Crippen LogP contribution < -0.4 is 4.74 Å². The number of hydrogen-bond donors (Lipinski definition) is 0.